The lowest BCUT2D eigenvalue weighted by Crippen LogP contribution is -2.57. The molecule has 5 heteroatoms. The molecule has 1 aromatic rings. The minimum Gasteiger partial charge on any atom is -0.345 e. The smallest absolute Gasteiger partial charge is 0.242 e. The normalized spacial score (nSPS) is 19.9. The zero-order valence-corrected chi connectivity index (χ0v) is 10.1. The molecule has 0 radical (unpaired) electrons. The number of carbonyl (C=O) groups is 2. The second-order valence-electron chi connectivity index (χ2n) is 4.36. The molecule has 1 saturated heterocycles. The van der Waals surface area contributed by atoms with Crippen LogP contribution in [-0.2, 0) is 16.0 Å². The van der Waals surface area contributed by atoms with Crippen molar-refractivity contribution in [1.29, 1.82) is 0 Å². The van der Waals surface area contributed by atoms with Crippen molar-refractivity contribution in [2.75, 3.05) is 13.1 Å². The Hall–Kier alpha value is -1.91. The average Bonchev–Trinajstić information content (AvgIpc) is 2.36. The summed E-state index contributed by atoms with van der Waals surface area (Å²) in [5, 5.41) is 2.54. The molecule has 1 aliphatic rings. The van der Waals surface area contributed by atoms with E-state index in [1.807, 2.05) is 0 Å². The van der Waals surface area contributed by atoms with Crippen LogP contribution in [-0.4, -0.2) is 35.8 Å². The fourth-order valence-corrected chi connectivity index (χ4v) is 1.99. The van der Waals surface area contributed by atoms with Crippen LogP contribution >= 0.6 is 0 Å². The van der Waals surface area contributed by atoms with Crippen LogP contribution < -0.4 is 5.32 Å². The van der Waals surface area contributed by atoms with Crippen LogP contribution in [0.5, 0.6) is 0 Å². The van der Waals surface area contributed by atoms with Crippen LogP contribution in [0, 0.1) is 5.82 Å². The van der Waals surface area contributed by atoms with Crippen molar-refractivity contribution < 1.29 is 14.0 Å². The fraction of sp³-hybridized carbons (Fsp3) is 0.385. The second kappa shape index (κ2) is 5.16. The van der Waals surface area contributed by atoms with Gasteiger partial charge in [-0.2, -0.15) is 0 Å². The van der Waals surface area contributed by atoms with Gasteiger partial charge in [-0.1, -0.05) is 12.1 Å². The molecule has 1 atom stereocenters. The van der Waals surface area contributed by atoms with Crippen molar-refractivity contribution in [2.45, 2.75) is 19.4 Å². The first-order valence-electron chi connectivity index (χ1n) is 5.89. The van der Waals surface area contributed by atoms with Gasteiger partial charge in [-0.25, -0.2) is 4.39 Å². The van der Waals surface area contributed by atoms with Crippen molar-refractivity contribution in [2.24, 2.45) is 0 Å². The van der Waals surface area contributed by atoms with Gasteiger partial charge < -0.3 is 10.2 Å². The minimum absolute atomic E-state index is 0.0621. The van der Waals surface area contributed by atoms with Gasteiger partial charge in [0.25, 0.3) is 0 Å². The highest BCUT2D eigenvalue weighted by Gasteiger charge is 2.30. The summed E-state index contributed by atoms with van der Waals surface area (Å²) in [6.45, 7) is 2.24. The molecule has 0 spiro atoms. The summed E-state index contributed by atoms with van der Waals surface area (Å²) in [6.07, 6.45) is 0.615. The molecule has 4 nitrogen and oxygen atoms in total. The van der Waals surface area contributed by atoms with Gasteiger partial charge in [0, 0.05) is 6.54 Å². The van der Waals surface area contributed by atoms with Gasteiger partial charge in [0.15, 0.2) is 0 Å². The predicted molar refractivity (Wildman–Crippen MR) is 64.3 cm³/mol. The number of nitrogens with zero attached hydrogens (tertiary/aromatic N) is 1. The number of benzene rings is 1. The Balaban J connectivity index is 1.98. The Morgan fingerprint density at radius 1 is 1.33 bits per heavy atom. The van der Waals surface area contributed by atoms with Crippen molar-refractivity contribution in [3.8, 4) is 0 Å². The lowest BCUT2D eigenvalue weighted by atomic mass is 10.1. The van der Waals surface area contributed by atoms with Crippen LogP contribution in [0.4, 0.5) is 4.39 Å². The molecule has 2 rings (SSSR count). The van der Waals surface area contributed by atoms with E-state index in [-0.39, 0.29) is 24.2 Å². The quantitative estimate of drug-likeness (QED) is 0.859. The molecule has 0 aromatic heterocycles. The van der Waals surface area contributed by atoms with Crippen LogP contribution in [0.3, 0.4) is 0 Å². The first kappa shape index (κ1) is 12.5. The molecule has 96 valence electrons. The molecule has 1 fully saturated rings. The van der Waals surface area contributed by atoms with E-state index in [9.17, 15) is 14.0 Å². The summed E-state index contributed by atoms with van der Waals surface area (Å²) in [7, 11) is 0. The molecule has 1 aromatic carbocycles. The van der Waals surface area contributed by atoms with Crippen molar-refractivity contribution in [3.05, 3.63) is 35.6 Å². The van der Waals surface area contributed by atoms with Gasteiger partial charge in [0.2, 0.25) is 11.8 Å². The Kier molecular flexibility index (Phi) is 3.60. The lowest BCUT2D eigenvalue weighted by Gasteiger charge is -2.32. The third-order valence-corrected chi connectivity index (χ3v) is 3.14. The number of carbonyl (C=O) groups excluding carboxylic acids is 2. The Bertz CT molecular complexity index is 459. The Labute approximate surface area is 105 Å². The van der Waals surface area contributed by atoms with Gasteiger partial charge in [-0.3, -0.25) is 9.59 Å². The standard InChI is InChI=1S/C13H15FN2O2/c1-9-13(18)15-8-12(17)16(9)7-6-10-2-4-11(14)5-3-10/h2-5,9H,6-8H2,1H3,(H,15,18). The van der Waals surface area contributed by atoms with E-state index in [1.54, 1.807) is 24.0 Å². The number of hydrogen-bond acceptors (Lipinski definition) is 2. The fourth-order valence-electron chi connectivity index (χ4n) is 1.99. The zero-order valence-electron chi connectivity index (χ0n) is 10.1. The molecule has 1 unspecified atom stereocenters. The molecule has 18 heavy (non-hydrogen) atoms. The van der Waals surface area contributed by atoms with Crippen LogP contribution in [0.1, 0.15) is 12.5 Å². The minimum atomic E-state index is -0.438. The summed E-state index contributed by atoms with van der Waals surface area (Å²) in [5.41, 5.74) is 0.947. The molecule has 1 N–H and O–H groups in total. The number of piperazine rings is 1. The largest absolute Gasteiger partial charge is 0.345 e. The van der Waals surface area contributed by atoms with Gasteiger partial charge in [-0.05, 0) is 31.0 Å². The van der Waals surface area contributed by atoms with E-state index in [0.29, 0.717) is 13.0 Å². The van der Waals surface area contributed by atoms with Gasteiger partial charge in [0.1, 0.15) is 11.9 Å². The number of nitrogens with one attached hydrogen (secondary N) is 1. The highest BCUT2D eigenvalue weighted by molar-refractivity contribution is 5.94. The summed E-state index contributed by atoms with van der Waals surface area (Å²) in [5.74, 6) is -0.488. The van der Waals surface area contributed by atoms with Crippen LogP contribution in [0.15, 0.2) is 24.3 Å². The third-order valence-electron chi connectivity index (χ3n) is 3.14. The summed E-state index contributed by atoms with van der Waals surface area (Å²) in [6, 6.07) is 5.72. The maximum absolute atomic E-state index is 12.7. The molecule has 0 bridgehead atoms. The molecule has 0 saturated carbocycles. The Morgan fingerprint density at radius 3 is 2.67 bits per heavy atom. The SMILES string of the molecule is CC1C(=O)NCC(=O)N1CCc1ccc(F)cc1. The predicted octanol–water partition coefficient (Wildman–Crippen LogP) is 0.715. The van der Waals surface area contributed by atoms with Crippen molar-refractivity contribution in [1.82, 2.24) is 10.2 Å². The molecular weight excluding hydrogens is 235 g/mol. The van der Waals surface area contributed by atoms with E-state index in [0.717, 1.165) is 5.56 Å². The summed E-state index contributed by atoms with van der Waals surface area (Å²) >= 11 is 0. The first-order valence-corrected chi connectivity index (χ1v) is 5.89. The molecule has 0 aliphatic carbocycles. The van der Waals surface area contributed by atoms with E-state index in [1.165, 1.54) is 12.1 Å². The average molecular weight is 250 g/mol. The topological polar surface area (TPSA) is 49.4 Å². The molecule has 1 heterocycles. The molecule has 1 aliphatic heterocycles. The highest BCUT2D eigenvalue weighted by Crippen LogP contribution is 2.09. The lowest BCUT2D eigenvalue weighted by molar-refractivity contribution is -0.144. The van der Waals surface area contributed by atoms with Gasteiger partial charge in [-0.15, -0.1) is 0 Å². The van der Waals surface area contributed by atoms with Crippen molar-refractivity contribution in [3.63, 3.8) is 0 Å². The summed E-state index contributed by atoms with van der Waals surface area (Å²) < 4.78 is 12.7. The first-order chi connectivity index (χ1) is 8.58. The van der Waals surface area contributed by atoms with Gasteiger partial charge in [0.05, 0.1) is 6.54 Å². The van der Waals surface area contributed by atoms with Crippen LogP contribution in [0.25, 0.3) is 0 Å². The highest BCUT2D eigenvalue weighted by atomic mass is 19.1. The van der Waals surface area contributed by atoms with E-state index < -0.39 is 6.04 Å². The number of halogens is 1. The molecule has 2 amide bonds. The third kappa shape index (κ3) is 2.67. The molecular formula is C13H15FN2O2. The van der Waals surface area contributed by atoms with E-state index in [4.69, 9.17) is 0 Å². The number of hydrogen-bond donors (Lipinski definition) is 1. The number of rotatable bonds is 3. The van der Waals surface area contributed by atoms with Gasteiger partial charge >= 0.3 is 0 Å². The zero-order chi connectivity index (χ0) is 13.1. The van der Waals surface area contributed by atoms with E-state index >= 15 is 0 Å². The monoisotopic (exact) mass is 250 g/mol. The van der Waals surface area contributed by atoms with Crippen LogP contribution in [0.2, 0.25) is 0 Å². The number of amides is 2. The van der Waals surface area contributed by atoms with Crippen molar-refractivity contribution >= 4 is 11.8 Å². The maximum Gasteiger partial charge on any atom is 0.242 e. The summed E-state index contributed by atoms with van der Waals surface area (Å²) in [4.78, 5) is 24.7. The van der Waals surface area contributed by atoms with E-state index in [2.05, 4.69) is 5.32 Å². The Morgan fingerprint density at radius 2 is 2.00 bits per heavy atom. The second-order valence-corrected chi connectivity index (χ2v) is 4.36. The maximum atomic E-state index is 12.7.